The Hall–Kier alpha value is -0.0400. The van der Waals surface area contributed by atoms with Gasteiger partial charge in [-0.3, -0.25) is 0 Å². The van der Waals surface area contributed by atoms with E-state index in [0.717, 1.165) is 12.0 Å². The first-order valence-corrected chi connectivity index (χ1v) is 5.68. The third-order valence-corrected chi connectivity index (χ3v) is 3.25. The van der Waals surface area contributed by atoms with Gasteiger partial charge in [0.05, 0.1) is 0 Å². The minimum atomic E-state index is 0.910. The molecule has 1 N–H and O–H groups in total. The molecule has 0 aromatic carbocycles. The fourth-order valence-corrected chi connectivity index (χ4v) is 2.19. The van der Waals surface area contributed by atoms with Gasteiger partial charge in [0, 0.05) is 6.04 Å². The van der Waals surface area contributed by atoms with Gasteiger partial charge in [-0.2, -0.15) is 0 Å². The minimum Gasteiger partial charge on any atom is -0.314 e. The minimum absolute atomic E-state index is 0.910. The summed E-state index contributed by atoms with van der Waals surface area (Å²) in [6, 6.07) is 0.910. The van der Waals surface area contributed by atoms with E-state index in [4.69, 9.17) is 0 Å². The van der Waals surface area contributed by atoms with Crippen LogP contribution >= 0.6 is 0 Å². The maximum absolute atomic E-state index is 3.65. The first kappa shape index (κ1) is 8.55. The van der Waals surface area contributed by atoms with Crippen LogP contribution in [0, 0.1) is 5.92 Å². The topological polar surface area (TPSA) is 12.0 Å². The summed E-state index contributed by atoms with van der Waals surface area (Å²) in [5.41, 5.74) is 0. The van der Waals surface area contributed by atoms with Crippen LogP contribution in [-0.2, 0) is 0 Å². The van der Waals surface area contributed by atoms with Gasteiger partial charge in [0.1, 0.15) is 0 Å². The molecule has 0 radical (unpaired) electrons. The van der Waals surface area contributed by atoms with Crippen molar-refractivity contribution in [2.45, 2.75) is 57.4 Å². The van der Waals surface area contributed by atoms with Crippen LogP contribution in [0.2, 0.25) is 0 Å². The Balaban J connectivity index is 1.62. The first-order valence-electron chi connectivity index (χ1n) is 5.68. The molecule has 0 unspecified atom stereocenters. The van der Waals surface area contributed by atoms with Crippen molar-refractivity contribution in [3.8, 4) is 0 Å². The van der Waals surface area contributed by atoms with Crippen LogP contribution in [0.3, 0.4) is 0 Å². The zero-order valence-corrected chi connectivity index (χ0v) is 8.02. The van der Waals surface area contributed by atoms with Crippen molar-refractivity contribution >= 4 is 0 Å². The van der Waals surface area contributed by atoms with Crippen LogP contribution in [0.25, 0.3) is 0 Å². The molecule has 2 aliphatic carbocycles. The summed E-state index contributed by atoms with van der Waals surface area (Å²) in [7, 11) is 0. The van der Waals surface area contributed by atoms with E-state index in [9.17, 15) is 0 Å². The van der Waals surface area contributed by atoms with Crippen LogP contribution in [0.15, 0.2) is 0 Å². The quantitative estimate of drug-likeness (QED) is 0.637. The Morgan fingerprint density at radius 3 is 2.08 bits per heavy atom. The molecule has 2 fully saturated rings. The molecule has 0 saturated heterocycles. The van der Waals surface area contributed by atoms with Crippen molar-refractivity contribution < 1.29 is 0 Å². The van der Waals surface area contributed by atoms with E-state index in [1.54, 1.807) is 0 Å². The molecule has 2 aliphatic rings. The fraction of sp³-hybridized carbons (Fsp3) is 1.00. The fourth-order valence-electron chi connectivity index (χ4n) is 2.19. The standard InChI is InChI=1S/C11H21N/c1-2-4-6-10(5-3-1)9-12-11-7-8-11/h10-12H,1-9H2. The van der Waals surface area contributed by atoms with Crippen molar-refractivity contribution in [2.24, 2.45) is 5.92 Å². The summed E-state index contributed by atoms with van der Waals surface area (Å²) in [6.45, 7) is 1.31. The highest BCUT2D eigenvalue weighted by atomic mass is 14.9. The average molecular weight is 167 g/mol. The van der Waals surface area contributed by atoms with Crippen LogP contribution < -0.4 is 5.32 Å². The lowest BCUT2D eigenvalue weighted by Gasteiger charge is -2.13. The maximum atomic E-state index is 3.65. The second kappa shape index (κ2) is 4.27. The highest BCUT2D eigenvalue weighted by Gasteiger charge is 2.22. The summed E-state index contributed by atoms with van der Waals surface area (Å²) in [5.74, 6) is 1.01. The number of nitrogens with one attached hydrogen (secondary N) is 1. The lowest BCUT2D eigenvalue weighted by molar-refractivity contribution is 0.424. The Kier molecular flexibility index (Phi) is 3.04. The van der Waals surface area contributed by atoms with E-state index in [0.29, 0.717) is 0 Å². The van der Waals surface area contributed by atoms with Crippen LogP contribution in [-0.4, -0.2) is 12.6 Å². The van der Waals surface area contributed by atoms with E-state index < -0.39 is 0 Å². The molecule has 0 spiro atoms. The number of hydrogen-bond acceptors (Lipinski definition) is 1. The van der Waals surface area contributed by atoms with E-state index >= 15 is 0 Å². The molecule has 0 atom stereocenters. The molecule has 12 heavy (non-hydrogen) atoms. The molecule has 0 aromatic heterocycles. The number of rotatable bonds is 3. The summed E-state index contributed by atoms with van der Waals surface area (Å²) in [4.78, 5) is 0. The predicted octanol–water partition coefficient (Wildman–Crippen LogP) is 2.71. The summed E-state index contributed by atoms with van der Waals surface area (Å²) in [5, 5.41) is 3.65. The van der Waals surface area contributed by atoms with Crippen molar-refractivity contribution in [1.29, 1.82) is 0 Å². The Morgan fingerprint density at radius 1 is 0.833 bits per heavy atom. The first-order chi connectivity index (χ1) is 5.95. The van der Waals surface area contributed by atoms with Crippen LogP contribution in [0.4, 0.5) is 0 Å². The molecule has 2 rings (SSSR count). The molecule has 70 valence electrons. The third-order valence-electron chi connectivity index (χ3n) is 3.25. The SMILES string of the molecule is C1CCCC(CNC2CC2)CC1. The highest BCUT2D eigenvalue weighted by Crippen LogP contribution is 2.24. The summed E-state index contributed by atoms with van der Waals surface area (Å²) < 4.78 is 0. The van der Waals surface area contributed by atoms with Gasteiger partial charge in [-0.1, -0.05) is 25.7 Å². The lowest BCUT2D eigenvalue weighted by atomic mass is 10.0. The van der Waals surface area contributed by atoms with Gasteiger partial charge in [-0.15, -0.1) is 0 Å². The Morgan fingerprint density at radius 2 is 1.50 bits per heavy atom. The smallest absolute Gasteiger partial charge is 0.00683 e. The molecule has 0 bridgehead atoms. The summed E-state index contributed by atoms with van der Waals surface area (Å²) in [6.07, 6.45) is 11.8. The third kappa shape index (κ3) is 2.78. The number of hydrogen-bond donors (Lipinski definition) is 1. The van der Waals surface area contributed by atoms with E-state index in [1.807, 2.05) is 0 Å². The molecule has 0 aromatic rings. The van der Waals surface area contributed by atoms with Gasteiger partial charge in [0.2, 0.25) is 0 Å². The molecule has 0 heterocycles. The zero-order chi connectivity index (χ0) is 8.23. The second-order valence-electron chi connectivity index (χ2n) is 4.54. The molecule has 1 nitrogen and oxygen atoms in total. The Bertz CT molecular complexity index is 121. The molecule has 2 saturated carbocycles. The van der Waals surface area contributed by atoms with Crippen molar-refractivity contribution in [3.63, 3.8) is 0 Å². The van der Waals surface area contributed by atoms with E-state index in [1.165, 1.54) is 57.9 Å². The van der Waals surface area contributed by atoms with Gasteiger partial charge in [0.15, 0.2) is 0 Å². The zero-order valence-electron chi connectivity index (χ0n) is 8.02. The predicted molar refractivity (Wildman–Crippen MR) is 52.2 cm³/mol. The van der Waals surface area contributed by atoms with Crippen LogP contribution in [0.5, 0.6) is 0 Å². The lowest BCUT2D eigenvalue weighted by Crippen LogP contribution is -2.24. The van der Waals surface area contributed by atoms with Crippen molar-refractivity contribution in [2.75, 3.05) is 6.54 Å². The van der Waals surface area contributed by atoms with Gasteiger partial charge in [-0.05, 0) is 38.1 Å². The largest absolute Gasteiger partial charge is 0.314 e. The molecular formula is C11H21N. The monoisotopic (exact) mass is 167 g/mol. The van der Waals surface area contributed by atoms with Crippen molar-refractivity contribution in [1.82, 2.24) is 5.32 Å². The maximum Gasteiger partial charge on any atom is 0.00683 e. The average Bonchev–Trinajstić information content (AvgIpc) is 2.90. The van der Waals surface area contributed by atoms with Gasteiger partial charge >= 0.3 is 0 Å². The molecule has 1 heteroatoms. The molecular weight excluding hydrogens is 146 g/mol. The van der Waals surface area contributed by atoms with Crippen LogP contribution in [0.1, 0.15) is 51.4 Å². The van der Waals surface area contributed by atoms with E-state index in [-0.39, 0.29) is 0 Å². The van der Waals surface area contributed by atoms with Gasteiger partial charge < -0.3 is 5.32 Å². The molecule has 0 aliphatic heterocycles. The normalized spacial score (nSPS) is 27.0. The Labute approximate surface area is 75.9 Å². The summed E-state index contributed by atoms with van der Waals surface area (Å²) >= 11 is 0. The highest BCUT2D eigenvalue weighted by molar-refractivity contribution is 4.82. The van der Waals surface area contributed by atoms with Crippen molar-refractivity contribution in [3.05, 3.63) is 0 Å². The second-order valence-corrected chi connectivity index (χ2v) is 4.54. The van der Waals surface area contributed by atoms with Gasteiger partial charge in [0.25, 0.3) is 0 Å². The van der Waals surface area contributed by atoms with Gasteiger partial charge in [-0.25, -0.2) is 0 Å². The van der Waals surface area contributed by atoms with E-state index in [2.05, 4.69) is 5.32 Å². The molecule has 0 amide bonds.